The molecular weight excluding hydrogens is 376 g/mol. The van der Waals surface area contributed by atoms with Crippen LogP contribution in [0.1, 0.15) is 30.0 Å². The molecule has 1 amide bonds. The van der Waals surface area contributed by atoms with E-state index in [2.05, 4.69) is 5.32 Å². The molecule has 0 aliphatic rings. The molecule has 0 heterocycles. The van der Waals surface area contributed by atoms with Gasteiger partial charge in [0.25, 0.3) is 0 Å². The second-order valence-electron chi connectivity index (χ2n) is 6.87. The van der Waals surface area contributed by atoms with Gasteiger partial charge in [-0.1, -0.05) is 25.1 Å². The highest BCUT2D eigenvalue weighted by atomic mass is 32.2. The highest BCUT2D eigenvalue weighted by molar-refractivity contribution is 7.92. The number of amides is 1. The highest BCUT2D eigenvalue weighted by Gasteiger charge is 2.31. The Bertz CT molecular complexity index is 941. The van der Waals surface area contributed by atoms with Gasteiger partial charge in [0.2, 0.25) is 15.9 Å². The zero-order valence-electron chi connectivity index (χ0n) is 17.0. The van der Waals surface area contributed by atoms with Crippen molar-refractivity contribution in [3.63, 3.8) is 0 Å². The zero-order chi connectivity index (χ0) is 20.9. The van der Waals surface area contributed by atoms with Gasteiger partial charge in [0.1, 0.15) is 6.04 Å². The molecule has 28 heavy (non-hydrogen) atoms. The summed E-state index contributed by atoms with van der Waals surface area (Å²) in [6, 6.07) is 11.8. The lowest BCUT2D eigenvalue weighted by Gasteiger charge is -2.30. The monoisotopic (exact) mass is 404 g/mol. The summed E-state index contributed by atoms with van der Waals surface area (Å²) in [5, 5.41) is 2.84. The molecule has 7 heteroatoms. The average molecular weight is 405 g/mol. The first kappa shape index (κ1) is 21.9. The van der Waals surface area contributed by atoms with Crippen LogP contribution in [0.25, 0.3) is 0 Å². The molecule has 6 nitrogen and oxygen atoms in total. The van der Waals surface area contributed by atoms with Crippen molar-refractivity contribution in [2.45, 2.75) is 39.8 Å². The number of methoxy groups -OCH3 is 1. The SMILES string of the molecule is CC[C@@H](C(=O)Nc1cccc(COC)c1)N(c1ccc(C)c(C)c1)S(C)(=O)=O. The Kier molecular flexibility index (Phi) is 7.21. The van der Waals surface area contributed by atoms with Crippen molar-refractivity contribution in [1.82, 2.24) is 0 Å². The summed E-state index contributed by atoms with van der Waals surface area (Å²) < 4.78 is 31.4. The smallest absolute Gasteiger partial charge is 0.248 e. The molecule has 0 aliphatic carbocycles. The van der Waals surface area contributed by atoms with Crippen molar-refractivity contribution in [3.8, 4) is 0 Å². The molecule has 0 saturated heterocycles. The number of ether oxygens (including phenoxy) is 1. The first-order chi connectivity index (χ1) is 13.2. The number of hydrogen-bond acceptors (Lipinski definition) is 4. The van der Waals surface area contributed by atoms with Crippen molar-refractivity contribution >= 4 is 27.3 Å². The number of anilines is 2. The molecule has 1 N–H and O–H groups in total. The number of sulfonamides is 1. The number of rotatable bonds is 8. The van der Waals surface area contributed by atoms with E-state index in [1.54, 1.807) is 32.2 Å². The van der Waals surface area contributed by atoms with Crippen LogP contribution in [0.2, 0.25) is 0 Å². The van der Waals surface area contributed by atoms with E-state index >= 15 is 0 Å². The van der Waals surface area contributed by atoms with Crippen LogP contribution in [-0.2, 0) is 26.2 Å². The van der Waals surface area contributed by atoms with Crippen LogP contribution in [0.15, 0.2) is 42.5 Å². The van der Waals surface area contributed by atoms with E-state index in [4.69, 9.17) is 4.74 Å². The number of carbonyl (C=O) groups excluding carboxylic acids is 1. The summed E-state index contributed by atoms with van der Waals surface area (Å²) in [6.07, 6.45) is 1.46. The average Bonchev–Trinajstić information content (AvgIpc) is 2.61. The lowest BCUT2D eigenvalue weighted by molar-refractivity contribution is -0.117. The topological polar surface area (TPSA) is 75.7 Å². The molecule has 0 aromatic heterocycles. The van der Waals surface area contributed by atoms with Gasteiger partial charge in [0, 0.05) is 12.8 Å². The largest absolute Gasteiger partial charge is 0.380 e. The van der Waals surface area contributed by atoms with E-state index in [1.165, 1.54) is 4.31 Å². The van der Waals surface area contributed by atoms with Crippen molar-refractivity contribution < 1.29 is 17.9 Å². The fourth-order valence-corrected chi connectivity index (χ4v) is 4.26. The summed E-state index contributed by atoms with van der Waals surface area (Å²) in [5.41, 5.74) is 4.04. The van der Waals surface area contributed by atoms with Gasteiger partial charge in [-0.05, 0) is 61.2 Å². The van der Waals surface area contributed by atoms with Crippen molar-refractivity contribution in [2.24, 2.45) is 0 Å². The fourth-order valence-electron chi connectivity index (χ4n) is 3.05. The van der Waals surface area contributed by atoms with Gasteiger partial charge in [-0.25, -0.2) is 8.42 Å². The number of nitrogens with zero attached hydrogens (tertiary/aromatic N) is 1. The molecule has 152 valence electrons. The lowest BCUT2D eigenvalue weighted by atomic mass is 10.1. The minimum absolute atomic E-state index is 0.337. The Morgan fingerprint density at radius 3 is 2.43 bits per heavy atom. The van der Waals surface area contributed by atoms with E-state index in [0.717, 1.165) is 22.9 Å². The molecule has 2 aromatic carbocycles. The standard InChI is InChI=1S/C21H28N2O4S/c1-6-20(21(24)22-18-9-7-8-17(13-18)14-27-4)23(28(5,25)26)19-11-10-15(2)16(3)12-19/h7-13,20H,6,14H2,1-5H3,(H,22,24)/t20-/m0/s1. The maximum absolute atomic E-state index is 13.0. The van der Waals surface area contributed by atoms with Gasteiger partial charge < -0.3 is 10.1 Å². The molecule has 0 saturated carbocycles. The highest BCUT2D eigenvalue weighted by Crippen LogP contribution is 2.26. The maximum Gasteiger partial charge on any atom is 0.248 e. The summed E-state index contributed by atoms with van der Waals surface area (Å²) in [5.74, 6) is -0.374. The van der Waals surface area contributed by atoms with E-state index in [1.807, 2.05) is 38.1 Å². The second-order valence-corrected chi connectivity index (χ2v) is 8.73. The van der Waals surface area contributed by atoms with Crippen LogP contribution < -0.4 is 9.62 Å². The molecule has 1 atom stereocenters. The normalized spacial score (nSPS) is 12.5. The fraction of sp³-hybridized carbons (Fsp3) is 0.381. The number of nitrogens with one attached hydrogen (secondary N) is 1. The Hall–Kier alpha value is -2.38. The van der Waals surface area contributed by atoms with E-state index in [-0.39, 0.29) is 5.91 Å². The summed E-state index contributed by atoms with van der Waals surface area (Å²) in [6.45, 7) is 6.10. The van der Waals surface area contributed by atoms with Crippen LogP contribution in [0.3, 0.4) is 0 Å². The van der Waals surface area contributed by atoms with Crippen molar-refractivity contribution in [2.75, 3.05) is 23.0 Å². The lowest BCUT2D eigenvalue weighted by Crippen LogP contribution is -2.47. The quantitative estimate of drug-likeness (QED) is 0.729. The number of hydrogen-bond donors (Lipinski definition) is 1. The minimum Gasteiger partial charge on any atom is -0.380 e. The third kappa shape index (κ3) is 5.33. The molecule has 0 fully saturated rings. The first-order valence-corrected chi connectivity index (χ1v) is 11.0. The summed E-state index contributed by atoms with van der Waals surface area (Å²) in [4.78, 5) is 13.0. The Labute approximate surface area is 167 Å². The van der Waals surface area contributed by atoms with E-state index in [9.17, 15) is 13.2 Å². The van der Waals surface area contributed by atoms with Gasteiger partial charge in [-0.2, -0.15) is 0 Å². The predicted molar refractivity (Wildman–Crippen MR) is 113 cm³/mol. The number of benzene rings is 2. The third-order valence-corrected chi connectivity index (χ3v) is 5.76. The van der Waals surface area contributed by atoms with Crippen LogP contribution in [-0.4, -0.2) is 33.7 Å². The van der Waals surface area contributed by atoms with Crippen LogP contribution in [0, 0.1) is 13.8 Å². The molecular formula is C21H28N2O4S. The molecule has 0 radical (unpaired) electrons. The Morgan fingerprint density at radius 2 is 1.86 bits per heavy atom. The molecule has 0 aliphatic heterocycles. The predicted octanol–water partition coefficient (Wildman–Crippen LogP) is 3.63. The molecule has 0 spiro atoms. The van der Waals surface area contributed by atoms with E-state index in [0.29, 0.717) is 24.4 Å². The van der Waals surface area contributed by atoms with Gasteiger partial charge in [-0.3, -0.25) is 9.10 Å². The van der Waals surface area contributed by atoms with Gasteiger partial charge >= 0.3 is 0 Å². The number of carbonyl (C=O) groups is 1. The van der Waals surface area contributed by atoms with Crippen molar-refractivity contribution in [1.29, 1.82) is 0 Å². The number of aryl methyl sites for hydroxylation is 2. The molecule has 0 bridgehead atoms. The molecule has 2 rings (SSSR count). The van der Waals surface area contributed by atoms with Gasteiger partial charge in [-0.15, -0.1) is 0 Å². The molecule has 0 unspecified atom stereocenters. The summed E-state index contributed by atoms with van der Waals surface area (Å²) >= 11 is 0. The first-order valence-electron chi connectivity index (χ1n) is 9.12. The Morgan fingerprint density at radius 1 is 1.14 bits per heavy atom. The van der Waals surface area contributed by atoms with Crippen LogP contribution in [0.5, 0.6) is 0 Å². The minimum atomic E-state index is -3.66. The maximum atomic E-state index is 13.0. The van der Waals surface area contributed by atoms with Crippen molar-refractivity contribution in [3.05, 3.63) is 59.2 Å². The van der Waals surface area contributed by atoms with E-state index < -0.39 is 16.1 Å². The second kappa shape index (κ2) is 9.21. The molecule has 2 aromatic rings. The van der Waals surface area contributed by atoms with Crippen LogP contribution >= 0.6 is 0 Å². The van der Waals surface area contributed by atoms with Gasteiger partial charge in [0.05, 0.1) is 18.6 Å². The zero-order valence-corrected chi connectivity index (χ0v) is 17.8. The van der Waals surface area contributed by atoms with Gasteiger partial charge in [0.15, 0.2) is 0 Å². The van der Waals surface area contributed by atoms with Crippen LogP contribution in [0.4, 0.5) is 11.4 Å². The Balaban J connectivity index is 2.36. The summed E-state index contributed by atoms with van der Waals surface area (Å²) in [7, 11) is -2.06. The third-order valence-electron chi connectivity index (χ3n) is 4.58.